The van der Waals surface area contributed by atoms with Crippen molar-refractivity contribution in [2.45, 2.75) is 0 Å². The van der Waals surface area contributed by atoms with Gasteiger partial charge < -0.3 is 19.8 Å². The maximum absolute atomic E-state index is 8.63. The van der Waals surface area contributed by atoms with E-state index in [4.69, 9.17) is 35.0 Å². The Morgan fingerprint density at radius 2 is 0.917 bits per heavy atom. The van der Waals surface area contributed by atoms with Crippen molar-refractivity contribution >= 4 is 43.9 Å². The molecule has 0 saturated carbocycles. The molecule has 12 heavy (non-hydrogen) atoms. The Kier molecular flexibility index (Phi) is 15.4. The molecule has 0 aromatic rings. The van der Waals surface area contributed by atoms with Gasteiger partial charge in [0.15, 0.2) is 0 Å². The Hall–Kier alpha value is 0.466. The average Bonchev–Trinajstić information content (AvgIpc) is 1.12. The second kappa shape index (κ2) is 8.08. The van der Waals surface area contributed by atoms with Crippen LogP contribution in [0.2, 0.25) is 0 Å². The molecule has 0 saturated heterocycles. The molecule has 0 rings (SSSR count). The van der Waals surface area contributed by atoms with Crippen LogP contribution in [0.25, 0.3) is 0 Å². The SMILES string of the molecule is O=S(=O)([O-])O.O=S(=O)([O-])[O-].[Mg+2].[NH4+]. The van der Waals surface area contributed by atoms with E-state index in [1.807, 2.05) is 0 Å². The standard InChI is InChI=1S/Mg.H3N.2H2O4S/c;;2*1-5(2,3)4/h;1H3;2*(H2,1,2,3,4)/q+2;;;/p-2. The molecule has 0 amide bonds. The van der Waals surface area contributed by atoms with Gasteiger partial charge in [-0.3, -0.25) is 13.0 Å². The molecule has 0 atom stereocenters. The summed E-state index contributed by atoms with van der Waals surface area (Å²) >= 11 is 0. The fourth-order valence-corrected chi connectivity index (χ4v) is 0. The molecule has 72 valence electrons. The van der Waals surface area contributed by atoms with Crippen molar-refractivity contribution < 1.29 is 35.0 Å². The van der Waals surface area contributed by atoms with Crippen molar-refractivity contribution in [1.82, 2.24) is 6.15 Å². The first-order valence-corrected chi connectivity index (χ1v) is 4.05. The van der Waals surface area contributed by atoms with Crippen LogP contribution in [0.4, 0.5) is 0 Å². The zero-order valence-electron chi connectivity index (χ0n) is 5.83. The molecule has 0 aromatic carbocycles. The van der Waals surface area contributed by atoms with Crippen LogP contribution in [-0.4, -0.2) is 58.1 Å². The van der Waals surface area contributed by atoms with Crippen molar-refractivity contribution in [3.8, 4) is 0 Å². The summed E-state index contributed by atoms with van der Waals surface area (Å²) in [5.74, 6) is 0. The first kappa shape index (κ1) is 22.9. The minimum atomic E-state index is -5.17. The molecule has 0 aromatic heterocycles. The molecular formula is H5MgNO8S2. The van der Waals surface area contributed by atoms with E-state index in [9.17, 15) is 0 Å². The Labute approximate surface area is 85.0 Å². The molecule has 0 aliphatic heterocycles. The quantitative estimate of drug-likeness (QED) is 0.264. The third-order valence-electron chi connectivity index (χ3n) is 0. The third-order valence-corrected chi connectivity index (χ3v) is 0. The van der Waals surface area contributed by atoms with Gasteiger partial charge in [0, 0.05) is 10.4 Å². The summed E-state index contributed by atoms with van der Waals surface area (Å²) in [5, 5.41) is 0. The van der Waals surface area contributed by atoms with E-state index >= 15 is 0 Å². The summed E-state index contributed by atoms with van der Waals surface area (Å²) in [5.41, 5.74) is 0. The van der Waals surface area contributed by atoms with Gasteiger partial charge in [-0.15, -0.1) is 0 Å². The predicted octanol–water partition coefficient (Wildman–Crippen LogP) is -2.34. The van der Waals surface area contributed by atoms with Crippen LogP contribution in [0.5, 0.6) is 0 Å². The van der Waals surface area contributed by atoms with Gasteiger partial charge in [0.05, 0.1) is 0 Å². The molecule has 12 heteroatoms. The van der Waals surface area contributed by atoms with Crippen LogP contribution in [0.15, 0.2) is 0 Å². The fraction of sp³-hybridized carbons (Fsp3) is 0. The van der Waals surface area contributed by atoms with Crippen molar-refractivity contribution in [1.29, 1.82) is 0 Å². The number of quaternary nitrogens is 1. The van der Waals surface area contributed by atoms with Crippen LogP contribution < -0.4 is 6.15 Å². The topological polar surface area (TPSA) is 194 Å². The minimum Gasteiger partial charge on any atom is -0.759 e. The van der Waals surface area contributed by atoms with Gasteiger partial charge in [-0.2, -0.15) is 0 Å². The molecule has 0 spiro atoms. The molecule has 0 fully saturated rings. The van der Waals surface area contributed by atoms with Crippen LogP contribution in [0.3, 0.4) is 0 Å². The van der Waals surface area contributed by atoms with E-state index in [2.05, 4.69) is 0 Å². The van der Waals surface area contributed by atoms with E-state index < -0.39 is 20.8 Å². The van der Waals surface area contributed by atoms with Gasteiger partial charge >= 0.3 is 23.1 Å². The number of hydrogen-bond donors (Lipinski definition) is 2. The van der Waals surface area contributed by atoms with Crippen LogP contribution in [0, 0.1) is 0 Å². The molecule has 5 N–H and O–H groups in total. The monoisotopic (exact) mass is 235 g/mol. The Morgan fingerprint density at radius 1 is 0.917 bits per heavy atom. The second-order valence-electron chi connectivity index (χ2n) is 0.836. The first-order valence-electron chi connectivity index (χ1n) is 1.35. The molecule has 9 nitrogen and oxygen atoms in total. The van der Waals surface area contributed by atoms with Crippen LogP contribution in [0.1, 0.15) is 0 Å². The Bertz CT molecular complexity index is 213. The average molecular weight is 235 g/mol. The molecule has 0 aliphatic carbocycles. The van der Waals surface area contributed by atoms with E-state index in [0.717, 1.165) is 0 Å². The molecule has 0 heterocycles. The number of rotatable bonds is 0. The van der Waals surface area contributed by atoms with E-state index in [0.29, 0.717) is 0 Å². The van der Waals surface area contributed by atoms with E-state index in [1.165, 1.54) is 0 Å². The van der Waals surface area contributed by atoms with Gasteiger partial charge in [-0.1, -0.05) is 0 Å². The summed E-state index contributed by atoms with van der Waals surface area (Å²) in [7, 11) is -10.1. The Balaban J connectivity index is -0.0000000457. The van der Waals surface area contributed by atoms with Crippen molar-refractivity contribution in [2.24, 2.45) is 0 Å². The van der Waals surface area contributed by atoms with Gasteiger partial charge in [-0.05, 0) is 0 Å². The van der Waals surface area contributed by atoms with Crippen LogP contribution >= 0.6 is 0 Å². The fourth-order valence-electron chi connectivity index (χ4n) is 0. The van der Waals surface area contributed by atoms with E-state index in [-0.39, 0.29) is 29.2 Å². The van der Waals surface area contributed by atoms with Gasteiger partial charge in [0.25, 0.3) is 0 Å². The first-order chi connectivity index (χ1) is 4.00. The summed E-state index contributed by atoms with van der Waals surface area (Å²) in [4.78, 5) is 0. The molecule has 0 unspecified atom stereocenters. The van der Waals surface area contributed by atoms with Crippen molar-refractivity contribution in [3.63, 3.8) is 0 Å². The maximum atomic E-state index is 8.63. The Morgan fingerprint density at radius 3 is 0.917 bits per heavy atom. The third kappa shape index (κ3) is 4310. The zero-order valence-corrected chi connectivity index (χ0v) is 8.88. The van der Waals surface area contributed by atoms with Gasteiger partial charge in [0.2, 0.25) is 10.4 Å². The second-order valence-corrected chi connectivity index (χ2v) is 2.51. The normalized spacial score (nSPS) is 9.67. The zero-order chi connectivity index (χ0) is 9.00. The van der Waals surface area contributed by atoms with Gasteiger partial charge in [0.1, 0.15) is 0 Å². The summed E-state index contributed by atoms with van der Waals surface area (Å²) in [6.07, 6.45) is 0. The summed E-state index contributed by atoms with van der Waals surface area (Å²) in [6.45, 7) is 0. The maximum Gasteiger partial charge on any atom is 2.00 e. The largest absolute Gasteiger partial charge is 2.00 e. The van der Waals surface area contributed by atoms with Crippen molar-refractivity contribution in [3.05, 3.63) is 0 Å². The van der Waals surface area contributed by atoms with Gasteiger partial charge in [-0.25, -0.2) is 8.42 Å². The van der Waals surface area contributed by atoms with E-state index in [1.54, 1.807) is 0 Å². The van der Waals surface area contributed by atoms with Crippen LogP contribution in [-0.2, 0) is 20.8 Å². The predicted molar refractivity (Wildman–Crippen MR) is 34.5 cm³/mol. The molecular weight excluding hydrogens is 230 g/mol. The smallest absolute Gasteiger partial charge is 0.759 e. The molecule has 0 aliphatic rings. The molecule has 0 radical (unpaired) electrons. The summed E-state index contributed by atoms with van der Waals surface area (Å²) in [6, 6.07) is 0. The molecule has 0 bridgehead atoms. The minimum absolute atomic E-state index is 0. The summed E-state index contributed by atoms with van der Waals surface area (Å²) < 4.78 is 66.9. The number of hydrogen-bond acceptors (Lipinski definition) is 7. The van der Waals surface area contributed by atoms with Crippen molar-refractivity contribution in [2.75, 3.05) is 0 Å².